The lowest BCUT2D eigenvalue weighted by Crippen LogP contribution is -2.51. The first kappa shape index (κ1) is 16.5. The highest BCUT2D eigenvalue weighted by atomic mass is 32.2. The van der Waals surface area contributed by atoms with Crippen molar-refractivity contribution in [1.82, 2.24) is 19.8 Å². The maximum atomic E-state index is 12.2. The Labute approximate surface area is 127 Å². The summed E-state index contributed by atoms with van der Waals surface area (Å²) in [5.74, 6) is 0.305. The Morgan fingerprint density at radius 2 is 2.24 bits per heavy atom. The fourth-order valence-electron chi connectivity index (χ4n) is 2.73. The minimum Gasteiger partial charge on any atom is -0.309 e. The van der Waals surface area contributed by atoms with Crippen molar-refractivity contribution >= 4 is 10.0 Å². The summed E-state index contributed by atoms with van der Waals surface area (Å²) in [7, 11) is -3.13. The maximum absolute atomic E-state index is 12.2. The number of hydrogen-bond donors (Lipinski definition) is 2. The van der Waals surface area contributed by atoms with Crippen molar-refractivity contribution in [2.75, 3.05) is 13.1 Å². The van der Waals surface area contributed by atoms with E-state index in [-0.39, 0.29) is 5.25 Å². The zero-order valence-corrected chi connectivity index (χ0v) is 14.1. The van der Waals surface area contributed by atoms with Crippen LogP contribution in [-0.2, 0) is 16.6 Å². The Morgan fingerprint density at radius 3 is 2.76 bits per heavy atom. The number of hydrogen-bond acceptors (Lipinski definition) is 4. The molecule has 21 heavy (non-hydrogen) atoms. The molecule has 0 aliphatic carbocycles. The molecule has 1 aromatic heterocycles. The van der Waals surface area contributed by atoms with Crippen LogP contribution in [0.1, 0.15) is 38.4 Å². The van der Waals surface area contributed by atoms with E-state index in [2.05, 4.69) is 22.4 Å². The summed E-state index contributed by atoms with van der Waals surface area (Å²) in [5.41, 5.74) is 2.24. The Kier molecular flexibility index (Phi) is 5.06. The van der Waals surface area contributed by atoms with Crippen LogP contribution in [0.3, 0.4) is 0 Å². The van der Waals surface area contributed by atoms with Gasteiger partial charge in [-0.2, -0.15) is 5.10 Å². The minimum absolute atomic E-state index is 0.305. The van der Waals surface area contributed by atoms with Crippen LogP contribution in [0.15, 0.2) is 6.20 Å². The lowest BCUT2D eigenvalue weighted by molar-refractivity contribution is 0.218. The Hall–Kier alpha value is -0.920. The van der Waals surface area contributed by atoms with Gasteiger partial charge < -0.3 is 5.32 Å². The van der Waals surface area contributed by atoms with Crippen molar-refractivity contribution in [1.29, 1.82) is 0 Å². The molecule has 120 valence electrons. The molecular formula is C14H26N4O2S. The van der Waals surface area contributed by atoms with Gasteiger partial charge in [0.1, 0.15) is 0 Å². The highest BCUT2D eigenvalue weighted by Gasteiger charge is 2.33. The third kappa shape index (κ3) is 3.64. The van der Waals surface area contributed by atoms with Gasteiger partial charge in [0.15, 0.2) is 0 Å². The molecule has 0 radical (unpaired) electrons. The Morgan fingerprint density at radius 1 is 1.52 bits per heavy atom. The first-order chi connectivity index (χ1) is 9.82. The molecule has 2 atom stereocenters. The summed E-state index contributed by atoms with van der Waals surface area (Å²) in [5, 5.41) is 10.1. The Bertz CT molecular complexity index is 567. The van der Waals surface area contributed by atoms with Crippen molar-refractivity contribution in [2.45, 2.75) is 52.0 Å². The van der Waals surface area contributed by atoms with Gasteiger partial charge in [-0.05, 0) is 33.1 Å². The zero-order chi connectivity index (χ0) is 15.6. The van der Waals surface area contributed by atoms with E-state index in [0.29, 0.717) is 25.0 Å². The maximum Gasteiger partial charge on any atom is 0.216 e. The third-order valence-electron chi connectivity index (χ3n) is 4.31. The largest absolute Gasteiger partial charge is 0.309 e. The van der Waals surface area contributed by atoms with E-state index in [9.17, 15) is 8.42 Å². The molecule has 0 unspecified atom stereocenters. The van der Waals surface area contributed by atoms with Gasteiger partial charge in [0.2, 0.25) is 10.0 Å². The van der Waals surface area contributed by atoms with Crippen molar-refractivity contribution in [2.24, 2.45) is 5.92 Å². The van der Waals surface area contributed by atoms with Gasteiger partial charge in [-0.3, -0.25) is 5.10 Å². The predicted octanol–water partition coefficient (Wildman–Crippen LogP) is 1.26. The SMILES string of the molecule is Cc1[nH]ncc1CN[C@@H]1CCN(S(=O)(=O)C(C)C)C[C@H]1C. The second-order valence-corrected chi connectivity index (χ2v) is 8.71. The summed E-state index contributed by atoms with van der Waals surface area (Å²) in [6.07, 6.45) is 2.69. The van der Waals surface area contributed by atoms with E-state index >= 15 is 0 Å². The molecule has 7 heteroatoms. The topological polar surface area (TPSA) is 78.1 Å². The highest BCUT2D eigenvalue weighted by molar-refractivity contribution is 7.89. The molecule has 1 saturated heterocycles. The number of rotatable bonds is 5. The van der Waals surface area contributed by atoms with Crippen LogP contribution in [0.2, 0.25) is 0 Å². The van der Waals surface area contributed by atoms with E-state index in [1.165, 1.54) is 5.56 Å². The van der Waals surface area contributed by atoms with Gasteiger partial charge in [0.25, 0.3) is 0 Å². The number of H-pyrrole nitrogens is 1. The fraction of sp³-hybridized carbons (Fsp3) is 0.786. The van der Waals surface area contributed by atoms with Gasteiger partial charge >= 0.3 is 0 Å². The van der Waals surface area contributed by atoms with Gasteiger partial charge in [-0.15, -0.1) is 0 Å². The van der Waals surface area contributed by atoms with Crippen LogP contribution in [0.4, 0.5) is 0 Å². The third-order valence-corrected chi connectivity index (χ3v) is 6.56. The van der Waals surface area contributed by atoms with Crippen LogP contribution < -0.4 is 5.32 Å². The van der Waals surface area contributed by atoms with Gasteiger partial charge in [-0.25, -0.2) is 12.7 Å². The minimum atomic E-state index is -3.13. The molecule has 0 aromatic carbocycles. The average molecular weight is 314 g/mol. The molecule has 6 nitrogen and oxygen atoms in total. The number of aromatic nitrogens is 2. The second kappa shape index (κ2) is 6.46. The first-order valence-electron chi connectivity index (χ1n) is 7.53. The van der Waals surface area contributed by atoms with Crippen LogP contribution in [0.25, 0.3) is 0 Å². The number of nitrogens with zero attached hydrogens (tertiary/aromatic N) is 2. The van der Waals surface area contributed by atoms with Gasteiger partial charge in [0, 0.05) is 36.9 Å². The first-order valence-corrected chi connectivity index (χ1v) is 9.04. The molecule has 2 rings (SSSR count). The average Bonchev–Trinajstić information content (AvgIpc) is 2.82. The number of piperidine rings is 1. The van der Waals surface area contributed by atoms with Crippen LogP contribution in [-0.4, -0.2) is 47.3 Å². The monoisotopic (exact) mass is 314 g/mol. The summed E-state index contributed by atoms with van der Waals surface area (Å²) in [6, 6.07) is 0.345. The summed E-state index contributed by atoms with van der Waals surface area (Å²) in [6.45, 7) is 9.58. The molecule has 0 spiro atoms. The number of sulfonamides is 1. The lowest BCUT2D eigenvalue weighted by Gasteiger charge is -2.37. The lowest BCUT2D eigenvalue weighted by atomic mass is 9.95. The van der Waals surface area contributed by atoms with E-state index in [1.54, 1.807) is 18.2 Å². The fourth-order valence-corrected chi connectivity index (χ4v) is 4.13. The molecule has 0 amide bonds. The summed E-state index contributed by atoms with van der Waals surface area (Å²) in [4.78, 5) is 0. The van der Waals surface area contributed by atoms with E-state index in [0.717, 1.165) is 18.7 Å². The van der Waals surface area contributed by atoms with Gasteiger partial charge in [-0.1, -0.05) is 6.92 Å². The van der Waals surface area contributed by atoms with E-state index in [1.807, 2.05) is 13.1 Å². The summed E-state index contributed by atoms with van der Waals surface area (Å²) < 4.78 is 26.1. The molecule has 1 aliphatic rings. The predicted molar refractivity (Wildman–Crippen MR) is 83.4 cm³/mol. The van der Waals surface area contributed by atoms with Gasteiger partial charge in [0.05, 0.1) is 11.4 Å². The molecule has 1 aromatic rings. The number of aromatic amines is 1. The van der Waals surface area contributed by atoms with Crippen molar-refractivity contribution < 1.29 is 8.42 Å². The van der Waals surface area contributed by atoms with Crippen LogP contribution in [0.5, 0.6) is 0 Å². The van der Waals surface area contributed by atoms with Crippen molar-refractivity contribution in [3.8, 4) is 0 Å². The van der Waals surface area contributed by atoms with E-state index in [4.69, 9.17) is 0 Å². The quantitative estimate of drug-likeness (QED) is 0.857. The zero-order valence-electron chi connectivity index (χ0n) is 13.3. The molecule has 0 bridgehead atoms. The van der Waals surface area contributed by atoms with Crippen molar-refractivity contribution in [3.63, 3.8) is 0 Å². The molecule has 2 heterocycles. The molecule has 1 fully saturated rings. The summed E-state index contributed by atoms with van der Waals surface area (Å²) >= 11 is 0. The highest BCUT2D eigenvalue weighted by Crippen LogP contribution is 2.22. The standard InChI is InChI=1S/C14H26N4O2S/c1-10(2)21(19,20)18-6-5-14(11(3)9-18)15-7-13-8-16-17-12(13)4/h8,10-11,14-15H,5-7,9H2,1-4H3,(H,16,17)/t11-,14-/m1/s1. The smallest absolute Gasteiger partial charge is 0.216 e. The van der Waals surface area contributed by atoms with Crippen molar-refractivity contribution in [3.05, 3.63) is 17.5 Å². The van der Waals surface area contributed by atoms with Crippen LogP contribution in [0, 0.1) is 12.8 Å². The van der Waals surface area contributed by atoms with Crippen LogP contribution >= 0.6 is 0 Å². The normalized spacial score (nSPS) is 24.6. The molecule has 0 saturated carbocycles. The molecule has 2 N–H and O–H groups in total. The second-order valence-electron chi connectivity index (χ2n) is 6.23. The molecular weight excluding hydrogens is 288 g/mol. The number of aryl methyl sites for hydroxylation is 1. The Balaban J connectivity index is 1.91. The number of nitrogens with one attached hydrogen (secondary N) is 2. The molecule has 1 aliphatic heterocycles. The van der Waals surface area contributed by atoms with E-state index < -0.39 is 10.0 Å².